The predicted molar refractivity (Wildman–Crippen MR) is 104 cm³/mol. The van der Waals surface area contributed by atoms with Gasteiger partial charge in [0.25, 0.3) is 5.56 Å². The van der Waals surface area contributed by atoms with Gasteiger partial charge in [0.2, 0.25) is 0 Å². The largest absolute Gasteiger partial charge is 0.493 e. The summed E-state index contributed by atoms with van der Waals surface area (Å²) in [6.45, 7) is 2.28. The van der Waals surface area contributed by atoms with Gasteiger partial charge in [0.1, 0.15) is 17.2 Å². The van der Waals surface area contributed by atoms with Crippen molar-refractivity contribution in [2.24, 2.45) is 7.05 Å². The van der Waals surface area contributed by atoms with Crippen LogP contribution in [-0.2, 0) is 7.05 Å². The van der Waals surface area contributed by atoms with E-state index < -0.39 is 0 Å². The van der Waals surface area contributed by atoms with Gasteiger partial charge in [-0.3, -0.25) is 4.79 Å². The van der Waals surface area contributed by atoms with Gasteiger partial charge in [-0.1, -0.05) is 0 Å². The molecule has 1 aromatic heterocycles. The summed E-state index contributed by atoms with van der Waals surface area (Å²) in [5, 5.41) is 8.92. The maximum atomic E-state index is 12.0. The molecule has 0 amide bonds. The molecule has 6 nitrogen and oxygen atoms in total. The van der Waals surface area contributed by atoms with E-state index in [4.69, 9.17) is 20.5 Å². The molecule has 0 aliphatic rings. The fourth-order valence-corrected chi connectivity index (χ4v) is 2.66. The lowest BCUT2D eigenvalue weighted by atomic mass is 10.0. The summed E-state index contributed by atoms with van der Waals surface area (Å²) in [6, 6.07) is 15.6. The minimum Gasteiger partial charge on any atom is -0.493 e. The molecule has 6 heteroatoms. The number of rotatable bonds is 5. The van der Waals surface area contributed by atoms with Crippen molar-refractivity contribution in [1.82, 2.24) is 4.57 Å². The van der Waals surface area contributed by atoms with Gasteiger partial charge in [-0.05, 0) is 49.4 Å². The van der Waals surface area contributed by atoms with Crippen molar-refractivity contribution in [2.45, 2.75) is 6.92 Å². The Morgan fingerprint density at radius 2 is 1.81 bits per heavy atom. The van der Waals surface area contributed by atoms with Gasteiger partial charge in [-0.25, -0.2) is 0 Å². The lowest BCUT2D eigenvalue weighted by Crippen LogP contribution is -2.16. The highest BCUT2D eigenvalue weighted by atomic mass is 16.5. The van der Waals surface area contributed by atoms with Crippen LogP contribution >= 0.6 is 0 Å². The van der Waals surface area contributed by atoms with Crippen LogP contribution in [0.3, 0.4) is 0 Å². The lowest BCUT2D eigenvalue weighted by Gasteiger charge is -2.16. The van der Waals surface area contributed by atoms with E-state index in [0.717, 1.165) is 0 Å². The standard InChI is InChI=1S/C21H19N3O3/c1-3-26-20-11-21(25)24(2)13-18(20)17-10-15(23)6-9-19(17)27-16-7-4-14(12-22)5-8-16/h4-11,13H,3,23H2,1-2H3. The summed E-state index contributed by atoms with van der Waals surface area (Å²) in [5.41, 5.74) is 8.35. The molecule has 136 valence electrons. The number of aromatic nitrogens is 1. The Kier molecular flexibility index (Phi) is 5.13. The third-order valence-electron chi connectivity index (χ3n) is 4.00. The van der Waals surface area contributed by atoms with E-state index in [2.05, 4.69) is 6.07 Å². The van der Waals surface area contributed by atoms with Crippen LogP contribution in [0.4, 0.5) is 5.69 Å². The molecule has 0 bridgehead atoms. The van der Waals surface area contributed by atoms with Crippen molar-refractivity contribution in [2.75, 3.05) is 12.3 Å². The minimum atomic E-state index is -0.166. The van der Waals surface area contributed by atoms with Crippen LogP contribution in [0, 0.1) is 11.3 Å². The van der Waals surface area contributed by atoms with Crippen LogP contribution in [-0.4, -0.2) is 11.2 Å². The number of anilines is 1. The zero-order valence-corrected chi connectivity index (χ0v) is 15.1. The zero-order chi connectivity index (χ0) is 19.4. The van der Waals surface area contributed by atoms with E-state index in [0.29, 0.717) is 46.2 Å². The Bertz CT molecular complexity index is 1060. The average molecular weight is 361 g/mol. The Morgan fingerprint density at radius 3 is 2.48 bits per heavy atom. The molecule has 0 saturated carbocycles. The summed E-state index contributed by atoms with van der Waals surface area (Å²) in [4.78, 5) is 12.0. The smallest absolute Gasteiger partial charge is 0.254 e. The van der Waals surface area contributed by atoms with E-state index in [9.17, 15) is 4.79 Å². The number of ether oxygens (including phenoxy) is 2. The lowest BCUT2D eigenvalue weighted by molar-refractivity contribution is 0.340. The average Bonchev–Trinajstić information content (AvgIpc) is 2.67. The Balaban J connectivity index is 2.11. The topological polar surface area (TPSA) is 90.3 Å². The van der Waals surface area contributed by atoms with Crippen LogP contribution in [0.2, 0.25) is 0 Å². The van der Waals surface area contributed by atoms with E-state index in [1.54, 1.807) is 55.7 Å². The molecule has 27 heavy (non-hydrogen) atoms. The molecular formula is C21H19N3O3. The first-order valence-electron chi connectivity index (χ1n) is 8.43. The summed E-state index contributed by atoms with van der Waals surface area (Å²) in [5.74, 6) is 1.62. The molecule has 0 aliphatic carbocycles. The SMILES string of the molecule is CCOc1cc(=O)n(C)cc1-c1cc(N)ccc1Oc1ccc(C#N)cc1. The number of hydrogen-bond acceptors (Lipinski definition) is 5. The molecule has 0 fully saturated rings. The number of hydrogen-bond donors (Lipinski definition) is 1. The van der Waals surface area contributed by atoms with E-state index in [1.807, 2.05) is 6.92 Å². The molecule has 0 atom stereocenters. The molecule has 0 saturated heterocycles. The van der Waals surface area contributed by atoms with Gasteiger partial charge in [0.05, 0.1) is 18.2 Å². The predicted octanol–water partition coefficient (Wildman–Crippen LogP) is 3.70. The molecule has 2 aromatic carbocycles. The van der Waals surface area contributed by atoms with Gasteiger partial charge in [0.15, 0.2) is 0 Å². The first-order valence-corrected chi connectivity index (χ1v) is 8.43. The summed E-state index contributed by atoms with van der Waals surface area (Å²) in [7, 11) is 1.68. The van der Waals surface area contributed by atoms with Crippen molar-refractivity contribution >= 4 is 5.69 Å². The van der Waals surface area contributed by atoms with Crippen LogP contribution in [0.5, 0.6) is 17.2 Å². The summed E-state index contributed by atoms with van der Waals surface area (Å²) < 4.78 is 13.1. The van der Waals surface area contributed by atoms with Crippen molar-refractivity contribution < 1.29 is 9.47 Å². The third-order valence-corrected chi connectivity index (χ3v) is 4.00. The molecule has 0 aliphatic heterocycles. The minimum absolute atomic E-state index is 0.166. The number of aryl methyl sites for hydroxylation is 1. The maximum Gasteiger partial charge on any atom is 0.254 e. The summed E-state index contributed by atoms with van der Waals surface area (Å²) >= 11 is 0. The number of pyridine rings is 1. The summed E-state index contributed by atoms with van der Waals surface area (Å²) in [6.07, 6.45) is 1.70. The van der Waals surface area contributed by atoms with Crippen molar-refractivity contribution in [1.29, 1.82) is 5.26 Å². The van der Waals surface area contributed by atoms with Crippen LogP contribution in [0.25, 0.3) is 11.1 Å². The van der Waals surface area contributed by atoms with Gasteiger partial charge in [-0.2, -0.15) is 5.26 Å². The van der Waals surface area contributed by atoms with E-state index >= 15 is 0 Å². The number of nitrogens with zero attached hydrogens (tertiary/aromatic N) is 2. The highest BCUT2D eigenvalue weighted by Crippen LogP contribution is 2.39. The molecular weight excluding hydrogens is 342 g/mol. The van der Waals surface area contributed by atoms with Crippen LogP contribution in [0.1, 0.15) is 12.5 Å². The number of nitrogen functional groups attached to an aromatic ring is 1. The van der Waals surface area contributed by atoms with Gasteiger partial charge in [0, 0.05) is 36.1 Å². The number of benzene rings is 2. The second kappa shape index (κ2) is 7.67. The Hall–Kier alpha value is -3.72. The van der Waals surface area contributed by atoms with E-state index in [-0.39, 0.29) is 5.56 Å². The van der Waals surface area contributed by atoms with Crippen molar-refractivity contribution in [3.05, 3.63) is 70.6 Å². The van der Waals surface area contributed by atoms with E-state index in [1.165, 1.54) is 10.6 Å². The number of nitrogens with two attached hydrogens (primary N) is 1. The first-order chi connectivity index (χ1) is 13.0. The molecule has 3 rings (SSSR count). The fraction of sp³-hybridized carbons (Fsp3) is 0.143. The first kappa shape index (κ1) is 18.1. The number of nitriles is 1. The highest BCUT2D eigenvalue weighted by molar-refractivity contribution is 5.78. The second-order valence-electron chi connectivity index (χ2n) is 5.93. The monoisotopic (exact) mass is 361 g/mol. The van der Waals surface area contributed by atoms with Crippen LogP contribution < -0.4 is 20.8 Å². The van der Waals surface area contributed by atoms with Crippen molar-refractivity contribution in [3.63, 3.8) is 0 Å². The van der Waals surface area contributed by atoms with Gasteiger partial charge >= 0.3 is 0 Å². The molecule has 2 N–H and O–H groups in total. The molecule has 0 spiro atoms. The van der Waals surface area contributed by atoms with Gasteiger partial charge in [-0.15, -0.1) is 0 Å². The Morgan fingerprint density at radius 1 is 1.07 bits per heavy atom. The molecule has 1 heterocycles. The van der Waals surface area contributed by atoms with Gasteiger partial charge < -0.3 is 19.8 Å². The molecule has 0 unspecified atom stereocenters. The fourth-order valence-electron chi connectivity index (χ4n) is 2.66. The van der Waals surface area contributed by atoms with Crippen molar-refractivity contribution in [3.8, 4) is 34.4 Å². The quantitative estimate of drug-likeness (QED) is 0.700. The molecule has 3 aromatic rings. The second-order valence-corrected chi connectivity index (χ2v) is 5.93. The van der Waals surface area contributed by atoms with Crippen LogP contribution in [0.15, 0.2) is 59.5 Å². The molecule has 0 radical (unpaired) electrons. The zero-order valence-electron chi connectivity index (χ0n) is 15.1. The highest BCUT2D eigenvalue weighted by Gasteiger charge is 2.15. The maximum absolute atomic E-state index is 12.0. The Labute approximate surface area is 157 Å². The normalized spacial score (nSPS) is 10.3. The third kappa shape index (κ3) is 3.93.